The Labute approximate surface area is 109 Å². The van der Waals surface area contributed by atoms with Gasteiger partial charge in [0.2, 0.25) is 11.8 Å². The number of piperazine rings is 1. The Morgan fingerprint density at radius 2 is 1.83 bits per heavy atom. The lowest BCUT2D eigenvalue weighted by Crippen LogP contribution is -2.54. The van der Waals surface area contributed by atoms with Gasteiger partial charge in [0, 0.05) is 32.7 Å². The summed E-state index contributed by atoms with van der Waals surface area (Å²) >= 11 is 0. The maximum absolute atomic E-state index is 11.9. The van der Waals surface area contributed by atoms with Crippen LogP contribution in [0, 0.1) is 0 Å². The second-order valence-corrected chi connectivity index (χ2v) is 4.57. The molecule has 6 heteroatoms. The van der Waals surface area contributed by atoms with Gasteiger partial charge in [-0.1, -0.05) is 0 Å². The van der Waals surface area contributed by atoms with Gasteiger partial charge >= 0.3 is 0 Å². The molecule has 0 aromatic rings. The van der Waals surface area contributed by atoms with Crippen LogP contribution in [0.2, 0.25) is 0 Å². The van der Waals surface area contributed by atoms with E-state index >= 15 is 0 Å². The van der Waals surface area contributed by atoms with Gasteiger partial charge in [0.1, 0.15) is 0 Å². The summed E-state index contributed by atoms with van der Waals surface area (Å²) < 4.78 is 0. The van der Waals surface area contributed by atoms with Crippen molar-refractivity contribution < 1.29 is 9.59 Å². The van der Waals surface area contributed by atoms with E-state index in [1.165, 1.54) is 0 Å². The monoisotopic (exact) mass is 256 g/mol. The number of likely N-dealkylation sites (N-methyl/N-ethyl adjacent to an activating group) is 2. The predicted octanol–water partition coefficient (Wildman–Crippen LogP) is -1.13. The molecular formula is C12H24N4O2. The van der Waals surface area contributed by atoms with Gasteiger partial charge in [-0.2, -0.15) is 0 Å². The molecule has 1 aliphatic heterocycles. The summed E-state index contributed by atoms with van der Waals surface area (Å²) in [5.41, 5.74) is 0. The van der Waals surface area contributed by atoms with E-state index in [1.54, 1.807) is 7.05 Å². The number of hydrogen-bond donors (Lipinski definition) is 2. The molecule has 0 saturated carbocycles. The highest BCUT2D eigenvalue weighted by molar-refractivity contribution is 5.81. The molecule has 0 spiro atoms. The van der Waals surface area contributed by atoms with Crippen LogP contribution in [0.15, 0.2) is 0 Å². The van der Waals surface area contributed by atoms with Crippen molar-refractivity contribution >= 4 is 11.8 Å². The summed E-state index contributed by atoms with van der Waals surface area (Å²) in [5, 5.41) is 5.74. The van der Waals surface area contributed by atoms with Crippen molar-refractivity contribution in [3.8, 4) is 0 Å². The van der Waals surface area contributed by atoms with Crippen LogP contribution in [-0.2, 0) is 9.59 Å². The zero-order chi connectivity index (χ0) is 13.5. The highest BCUT2D eigenvalue weighted by Gasteiger charge is 2.24. The summed E-state index contributed by atoms with van der Waals surface area (Å²) in [6, 6.07) is -0.139. The van der Waals surface area contributed by atoms with E-state index in [9.17, 15) is 9.59 Å². The predicted molar refractivity (Wildman–Crippen MR) is 70.2 cm³/mol. The zero-order valence-electron chi connectivity index (χ0n) is 11.5. The highest BCUT2D eigenvalue weighted by atomic mass is 16.2. The lowest BCUT2D eigenvalue weighted by Gasteiger charge is -2.35. The third-order valence-electron chi connectivity index (χ3n) is 3.23. The average Bonchev–Trinajstić information content (AvgIpc) is 2.38. The molecule has 0 aliphatic carbocycles. The minimum absolute atomic E-state index is 0.0564. The molecule has 1 saturated heterocycles. The molecule has 1 atom stereocenters. The molecule has 0 radical (unpaired) electrons. The van der Waals surface area contributed by atoms with Crippen LogP contribution >= 0.6 is 0 Å². The molecule has 2 amide bonds. The normalized spacial score (nSPS) is 18.5. The Morgan fingerprint density at radius 1 is 1.22 bits per heavy atom. The molecule has 1 rings (SSSR count). The Bertz CT molecular complexity index is 288. The molecule has 0 bridgehead atoms. The van der Waals surface area contributed by atoms with Gasteiger partial charge in [-0.3, -0.25) is 14.5 Å². The molecule has 104 valence electrons. The molecule has 0 aromatic carbocycles. The first kappa shape index (κ1) is 14.9. The van der Waals surface area contributed by atoms with Crippen LogP contribution in [0.25, 0.3) is 0 Å². The molecule has 2 N–H and O–H groups in total. The fraction of sp³-hybridized carbons (Fsp3) is 0.833. The first-order valence-corrected chi connectivity index (χ1v) is 6.53. The minimum Gasteiger partial charge on any atom is -0.355 e. The smallest absolute Gasteiger partial charge is 0.239 e. The first-order chi connectivity index (χ1) is 8.58. The lowest BCUT2D eigenvalue weighted by molar-refractivity contribution is -0.134. The molecular weight excluding hydrogens is 232 g/mol. The van der Waals surface area contributed by atoms with Crippen LogP contribution in [0.3, 0.4) is 0 Å². The molecule has 0 aromatic heterocycles. The summed E-state index contributed by atoms with van der Waals surface area (Å²) in [4.78, 5) is 27.3. The van der Waals surface area contributed by atoms with Crippen molar-refractivity contribution in [2.45, 2.75) is 19.9 Å². The van der Waals surface area contributed by atoms with Crippen LogP contribution < -0.4 is 10.6 Å². The van der Waals surface area contributed by atoms with Crippen molar-refractivity contribution in [1.82, 2.24) is 20.4 Å². The molecule has 1 fully saturated rings. The Kier molecular flexibility index (Phi) is 6.07. The van der Waals surface area contributed by atoms with Gasteiger partial charge in [0.15, 0.2) is 0 Å². The van der Waals surface area contributed by atoms with Crippen molar-refractivity contribution in [2.24, 2.45) is 0 Å². The van der Waals surface area contributed by atoms with E-state index < -0.39 is 0 Å². The van der Waals surface area contributed by atoms with Crippen LogP contribution in [0.5, 0.6) is 0 Å². The van der Waals surface area contributed by atoms with E-state index in [-0.39, 0.29) is 17.9 Å². The summed E-state index contributed by atoms with van der Waals surface area (Å²) in [6.07, 6.45) is 0. The number of rotatable bonds is 5. The van der Waals surface area contributed by atoms with Gasteiger partial charge in [-0.05, 0) is 20.9 Å². The molecule has 18 heavy (non-hydrogen) atoms. The number of carbonyl (C=O) groups excluding carboxylic acids is 2. The van der Waals surface area contributed by atoms with Crippen LogP contribution in [-0.4, -0.2) is 74.0 Å². The fourth-order valence-corrected chi connectivity index (χ4v) is 1.98. The highest BCUT2D eigenvalue weighted by Crippen LogP contribution is 2.03. The van der Waals surface area contributed by atoms with E-state index in [0.717, 1.165) is 13.1 Å². The summed E-state index contributed by atoms with van der Waals surface area (Å²) in [5.74, 6) is 0.191. The maximum atomic E-state index is 11.9. The van der Waals surface area contributed by atoms with Gasteiger partial charge in [-0.15, -0.1) is 0 Å². The topological polar surface area (TPSA) is 64.7 Å². The third kappa shape index (κ3) is 4.27. The Balaban J connectivity index is 2.32. The van der Waals surface area contributed by atoms with E-state index in [0.29, 0.717) is 26.2 Å². The lowest BCUT2D eigenvalue weighted by atomic mass is 10.2. The van der Waals surface area contributed by atoms with Crippen LogP contribution in [0.4, 0.5) is 0 Å². The molecule has 6 nitrogen and oxygen atoms in total. The number of nitrogens with zero attached hydrogens (tertiary/aromatic N) is 2. The van der Waals surface area contributed by atoms with Gasteiger partial charge in [0.25, 0.3) is 0 Å². The van der Waals surface area contributed by atoms with Gasteiger partial charge in [0.05, 0.1) is 12.6 Å². The average molecular weight is 256 g/mol. The third-order valence-corrected chi connectivity index (χ3v) is 3.23. The van der Waals surface area contributed by atoms with Gasteiger partial charge in [-0.25, -0.2) is 0 Å². The number of amides is 2. The Morgan fingerprint density at radius 3 is 2.33 bits per heavy atom. The van der Waals surface area contributed by atoms with Crippen molar-refractivity contribution in [3.05, 3.63) is 0 Å². The fourth-order valence-electron chi connectivity index (χ4n) is 1.98. The van der Waals surface area contributed by atoms with Crippen LogP contribution in [0.1, 0.15) is 13.8 Å². The first-order valence-electron chi connectivity index (χ1n) is 6.53. The second-order valence-electron chi connectivity index (χ2n) is 4.57. The SMILES string of the molecule is CCNC(=O)CN1CCN(C(=O)C(C)NC)CC1. The standard InChI is InChI=1S/C12H24N4O2/c1-4-14-11(17)9-15-5-7-16(8-6-15)12(18)10(2)13-3/h10,13H,4-9H2,1-3H3,(H,14,17). The number of carbonyl (C=O) groups is 2. The van der Waals surface area contributed by atoms with E-state index in [1.807, 2.05) is 18.7 Å². The summed E-state index contributed by atoms with van der Waals surface area (Å²) in [6.45, 7) is 7.79. The second kappa shape index (κ2) is 7.33. The quantitative estimate of drug-likeness (QED) is 0.654. The van der Waals surface area contributed by atoms with Crippen molar-refractivity contribution in [1.29, 1.82) is 0 Å². The number of hydrogen-bond acceptors (Lipinski definition) is 4. The van der Waals surface area contributed by atoms with Crippen molar-refractivity contribution in [3.63, 3.8) is 0 Å². The maximum Gasteiger partial charge on any atom is 0.239 e. The van der Waals surface area contributed by atoms with Gasteiger partial charge < -0.3 is 15.5 Å². The van der Waals surface area contributed by atoms with E-state index in [2.05, 4.69) is 15.5 Å². The molecule has 1 heterocycles. The number of nitrogens with one attached hydrogen (secondary N) is 2. The zero-order valence-corrected chi connectivity index (χ0v) is 11.5. The van der Waals surface area contributed by atoms with E-state index in [4.69, 9.17) is 0 Å². The largest absolute Gasteiger partial charge is 0.355 e. The summed E-state index contributed by atoms with van der Waals surface area (Å²) in [7, 11) is 1.79. The minimum atomic E-state index is -0.139. The van der Waals surface area contributed by atoms with Crippen molar-refractivity contribution in [2.75, 3.05) is 46.3 Å². The molecule has 1 unspecified atom stereocenters. The Hall–Kier alpha value is -1.14. The molecule has 1 aliphatic rings.